The second-order valence-electron chi connectivity index (χ2n) is 7.58. The third-order valence-electron chi connectivity index (χ3n) is 5.86. The molecule has 0 saturated heterocycles. The minimum absolute atomic E-state index is 0.0191. The number of hydrogen-bond donors (Lipinski definition) is 1. The molecular weight excluding hydrogens is 400 g/mol. The maximum absolute atomic E-state index is 14.1. The minimum atomic E-state index is -4.55. The Morgan fingerprint density at radius 1 is 0.966 bits per heavy atom. The van der Waals surface area contributed by atoms with E-state index >= 15 is 0 Å². The van der Waals surface area contributed by atoms with Gasteiger partial charge in [-0.25, -0.2) is 13.2 Å². The number of aromatic nitrogens is 3. The molecule has 1 aliphatic heterocycles. The van der Waals surface area contributed by atoms with E-state index in [-0.39, 0.29) is 30.5 Å². The number of hydrogen-bond acceptors (Lipinski definition) is 4. The van der Waals surface area contributed by atoms with E-state index in [0.717, 1.165) is 10.6 Å². The highest BCUT2D eigenvalue weighted by molar-refractivity contribution is 5.26. The molecule has 5 nitrogen and oxygen atoms in total. The number of halogens is 6. The summed E-state index contributed by atoms with van der Waals surface area (Å²) in [4.78, 5) is 2.00. The van der Waals surface area contributed by atoms with Crippen molar-refractivity contribution in [3.63, 3.8) is 0 Å². The molecule has 29 heavy (non-hydrogen) atoms. The van der Waals surface area contributed by atoms with E-state index in [1.807, 2.05) is 4.90 Å². The van der Waals surface area contributed by atoms with Crippen LogP contribution in [0.2, 0.25) is 0 Å². The number of benzene rings is 1. The summed E-state index contributed by atoms with van der Waals surface area (Å²) in [5, 5.41) is 6.94. The van der Waals surface area contributed by atoms with Crippen LogP contribution in [0.5, 0.6) is 0 Å². The molecule has 0 spiro atoms. The lowest BCUT2D eigenvalue weighted by molar-refractivity contribution is -0.148. The minimum Gasteiger partial charge on any atom is -0.327 e. The number of fused-ring (bicyclic) bond motifs is 1. The largest absolute Gasteiger partial charge is 0.451 e. The number of rotatable bonds is 2. The molecule has 2 aromatic rings. The van der Waals surface area contributed by atoms with Gasteiger partial charge in [0.25, 0.3) is 0 Å². The van der Waals surface area contributed by atoms with Crippen LogP contribution in [0.1, 0.15) is 42.4 Å². The Hall–Kier alpha value is -2.14. The first-order valence-electron chi connectivity index (χ1n) is 9.28. The Bertz CT molecular complexity index is 911. The average Bonchev–Trinajstić information content (AvgIpc) is 3.08. The van der Waals surface area contributed by atoms with Crippen LogP contribution in [-0.2, 0) is 19.3 Å². The summed E-state index contributed by atoms with van der Waals surface area (Å²) >= 11 is 0. The topological polar surface area (TPSA) is 60.0 Å². The van der Waals surface area contributed by atoms with Gasteiger partial charge in [0.05, 0.1) is 6.54 Å². The lowest BCUT2D eigenvalue weighted by Gasteiger charge is -2.41. The van der Waals surface area contributed by atoms with Crippen molar-refractivity contribution in [2.75, 3.05) is 6.54 Å². The molecule has 0 bridgehead atoms. The van der Waals surface area contributed by atoms with Gasteiger partial charge < -0.3 is 10.3 Å². The fourth-order valence-electron chi connectivity index (χ4n) is 4.42. The van der Waals surface area contributed by atoms with Gasteiger partial charge >= 0.3 is 6.18 Å². The Morgan fingerprint density at radius 2 is 1.69 bits per heavy atom. The Morgan fingerprint density at radius 3 is 2.38 bits per heavy atom. The summed E-state index contributed by atoms with van der Waals surface area (Å²) in [7, 11) is 0. The Labute approximate surface area is 162 Å². The average molecular weight is 419 g/mol. The van der Waals surface area contributed by atoms with E-state index in [9.17, 15) is 26.3 Å². The van der Waals surface area contributed by atoms with Crippen molar-refractivity contribution in [2.24, 2.45) is 5.73 Å². The highest BCUT2D eigenvalue weighted by atomic mass is 19.4. The summed E-state index contributed by atoms with van der Waals surface area (Å²) in [5.41, 5.74) is 6.29. The van der Waals surface area contributed by atoms with Crippen molar-refractivity contribution in [3.8, 4) is 0 Å². The highest BCUT2D eigenvalue weighted by Crippen LogP contribution is 2.37. The van der Waals surface area contributed by atoms with E-state index < -0.39 is 41.4 Å². The van der Waals surface area contributed by atoms with Crippen LogP contribution in [0.3, 0.4) is 0 Å². The van der Waals surface area contributed by atoms with E-state index in [1.165, 1.54) is 0 Å². The molecule has 0 amide bonds. The first kappa shape index (κ1) is 20.1. The predicted octanol–water partition coefficient (Wildman–Crippen LogP) is 3.19. The maximum Gasteiger partial charge on any atom is 0.451 e. The van der Waals surface area contributed by atoms with Crippen molar-refractivity contribution in [1.29, 1.82) is 0 Å². The van der Waals surface area contributed by atoms with E-state index in [0.29, 0.717) is 31.9 Å². The molecule has 0 radical (unpaired) electrons. The molecular formula is C18H19F6N5. The molecule has 1 aromatic carbocycles. The zero-order valence-corrected chi connectivity index (χ0v) is 15.3. The first-order chi connectivity index (χ1) is 13.6. The van der Waals surface area contributed by atoms with Crippen LogP contribution in [0.4, 0.5) is 26.3 Å². The van der Waals surface area contributed by atoms with Crippen molar-refractivity contribution in [3.05, 3.63) is 46.8 Å². The molecule has 2 aliphatic rings. The monoisotopic (exact) mass is 419 g/mol. The molecule has 4 rings (SSSR count). The Balaban J connectivity index is 1.46. The summed E-state index contributed by atoms with van der Waals surface area (Å²) in [6, 6.07) is 0.879. The van der Waals surface area contributed by atoms with Gasteiger partial charge in [0.15, 0.2) is 11.6 Å². The normalized spacial score (nSPS) is 25.8. The summed E-state index contributed by atoms with van der Waals surface area (Å²) in [5.74, 6) is -4.40. The molecule has 1 fully saturated rings. The second kappa shape index (κ2) is 7.28. The molecule has 11 heteroatoms. The van der Waals surface area contributed by atoms with E-state index in [1.54, 1.807) is 0 Å². The van der Waals surface area contributed by atoms with Crippen molar-refractivity contribution in [2.45, 2.75) is 56.5 Å². The molecule has 2 heterocycles. The lowest BCUT2D eigenvalue weighted by Crippen LogP contribution is -2.48. The van der Waals surface area contributed by atoms with Crippen LogP contribution < -0.4 is 5.73 Å². The number of nitrogens with zero attached hydrogens (tertiary/aromatic N) is 4. The maximum atomic E-state index is 14.1. The number of nitrogens with two attached hydrogens (primary N) is 1. The van der Waals surface area contributed by atoms with Gasteiger partial charge in [-0.05, 0) is 30.9 Å². The van der Waals surface area contributed by atoms with Gasteiger partial charge in [-0.15, -0.1) is 10.2 Å². The van der Waals surface area contributed by atoms with Crippen molar-refractivity contribution in [1.82, 2.24) is 19.7 Å². The van der Waals surface area contributed by atoms with Gasteiger partial charge in [0.1, 0.15) is 11.6 Å². The molecule has 1 aliphatic carbocycles. The zero-order valence-electron chi connectivity index (χ0n) is 15.3. The molecule has 1 unspecified atom stereocenters. The molecule has 3 atom stereocenters. The standard InChI is InChI=1S/C18H19F6N5/c19-12-7-14(21)13(20)6-11(12)10-2-1-9(5-15(10)25)28-3-4-29-16(8-28)26-27-17(29)18(22,23)24/h6-7,9-10,15H,1-5,8,25H2/t9?,10-,15+/m1/s1. The van der Waals surface area contributed by atoms with Crippen LogP contribution in [-0.4, -0.2) is 38.3 Å². The van der Waals surface area contributed by atoms with E-state index in [4.69, 9.17) is 5.73 Å². The fourth-order valence-corrected chi connectivity index (χ4v) is 4.42. The van der Waals surface area contributed by atoms with Gasteiger partial charge in [-0.1, -0.05) is 0 Å². The smallest absolute Gasteiger partial charge is 0.327 e. The van der Waals surface area contributed by atoms with Gasteiger partial charge in [-0.3, -0.25) is 4.90 Å². The zero-order chi connectivity index (χ0) is 20.9. The van der Waals surface area contributed by atoms with Crippen molar-refractivity contribution >= 4 is 0 Å². The van der Waals surface area contributed by atoms with Gasteiger partial charge in [0.2, 0.25) is 5.82 Å². The molecule has 158 valence electrons. The van der Waals surface area contributed by atoms with E-state index in [2.05, 4.69) is 10.2 Å². The fraction of sp³-hybridized carbons (Fsp3) is 0.556. The predicted molar refractivity (Wildman–Crippen MR) is 90.1 cm³/mol. The molecule has 1 aromatic heterocycles. The highest BCUT2D eigenvalue weighted by Gasteiger charge is 2.41. The van der Waals surface area contributed by atoms with Crippen molar-refractivity contribution < 1.29 is 26.3 Å². The van der Waals surface area contributed by atoms with Gasteiger partial charge in [-0.2, -0.15) is 13.2 Å². The van der Waals surface area contributed by atoms with Crippen LogP contribution in [0.25, 0.3) is 0 Å². The van der Waals surface area contributed by atoms with Crippen LogP contribution >= 0.6 is 0 Å². The quantitative estimate of drug-likeness (QED) is 0.600. The van der Waals surface area contributed by atoms with Gasteiger partial charge in [0, 0.05) is 37.2 Å². The second-order valence-corrected chi connectivity index (χ2v) is 7.58. The SMILES string of the molecule is N[C@H]1CC(N2CCn3c(nnc3C(F)(F)F)C2)CC[C@@H]1c1cc(F)c(F)cc1F. The molecule has 1 saturated carbocycles. The van der Waals surface area contributed by atoms with Crippen LogP contribution in [0.15, 0.2) is 12.1 Å². The number of alkyl halides is 3. The summed E-state index contributed by atoms with van der Waals surface area (Å²) < 4.78 is 80.8. The summed E-state index contributed by atoms with van der Waals surface area (Å²) in [6.45, 7) is 0.713. The third kappa shape index (κ3) is 3.73. The lowest BCUT2D eigenvalue weighted by atomic mass is 9.77. The third-order valence-corrected chi connectivity index (χ3v) is 5.86. The molecule has 2 N–H and O–H groups in total. The van der Waals surface area contributed by atoms with Crippen LogP contribution in [0, 0.1) is 17.5 Å². The first-order valence-corrected chi connectivity index (χ1v) is 9.28. The Kier molecular flexibility index (Phi) is 5.06. The summed E-state index contributed by atoms with van der Waals surface area (Å²) in [6.07, 6.45) is -3.02.